The summed E-state index contributed by atoms with van der Waals surface area (Å²) >= 11 is 0. The van der Waals surface area contributed by atoms with Gasteiger partial charge in [-0.05, 0) is 43.2 Å². The highest BCUT2D eigenvalue weighted by Crippen LogP contribution is 2.19. The van der Waals surface area contributed by atoms with E-state index in [0.29, 0.717) is 11.3 Å². The Hall–Kier alpha value is -2.08. The number of rotatable bonds is 3. The van der Waals surface area contributed by atoms with E-state index in [9.17, 15) is 8.42 Å². The molecule has 100 valence electrons. The van der Waals surface area contributed by atoms with Crippen LogP contribution < -0.4 is 10.5 Å². The van der Waals surface area contributed by atoms with Crippen molar-refractivity contribution < 1.29 is 8.42 Å². The minimum absolute atomic E-state index is 0.245. The molecule has 0 saturated carbocycles. The Kier molecular flexibility index (Phi) is 3.44. The van der Waals surface area contributed by atoms with Gasteiger partial charge >= 0.3 is 0 Å². The molecule has 0 amide bonds. The molecule has 6 heteroatoms. The molecule has 0 saturated heterocycles. The molecule has 1 aromatic carbocycles. The molecule has 0 unspecified atom stereocenters. The van der Waals surface area contributed by atoms with Crippen LogP contribution in [0.15, 0.2) is 41.4 Å². The van der Waals surface area contributed by atoms with Crippen LogP contribution in [0.4, 0.5) is 11.5 Å². The molecule has 0 radical (unpaired) electrons. The highest BCUT2D eigenvalue weighted by atomic mass is 32.2. The fourth-order valence-corrected chi connectivity index (χ4v) is 2.99. The van der Waals surface area contributed by atoms with E-state index < -0.39 is 10.0 Å². The van der Waals surface area contributed by atoms with Crippen molar-refractivity contribution in [2.24, 2.45) is 0 Å². The van der Waals surface area contributed by atoms with Crippen LogP contribution in [0.2, 0.25) is 0 Å². The van der Waals surface area contributed by atoms with E-state index >= 15 is 0 Å². The Balaban J connectivity index is 2.37. The lowest BCUT2D eigenvalue weighted by atomic mass is 10.2. The Morgan fingerprint density at radius 2 is 1.89 bits per heavy atom. The van der Waals surface area contributed by atoms with E-state index in [0.717, 1.165) is 5.56 Å². The lowest BCUT2D eigenvalue weighted by molar-refractivity contribution is 0.600. The summed E-state index contributed by atoms with van der Waals surface area (Å²) < 4.78 is 27.0. The molecule has 19 heavy (non-hydrogen) atoms. The first-order valence-electron chi connectivity index (χ1n) is 5.70. The second kappa shape index (κ2) is 4.89. The third kappa shape index (κ3) is 3.03. The second-order valence-corrected chi connectivity index (χ2v) is 6.00. The zero-order valence-electron chi connectivity index (χ0n) is 10.7. The van der Waals surface area contributed by atoms with Crippen LogP contribution in [-0.4, -0.2) is 13.4 Å². The number of aromatic nitrogens is 1. The first kappa shape index (κ1) is 13.4. The van der Waals surface area contributed by atoms with E-state index in [2.05, 4.69) is 9.71 Å². The van der Waals surface area contributed by atoms with Gasteiger partial charge in [-0.2, -0.15) is 0 Å². The highest BCUT2D eigenvalue weighted by molar-refractivity contribution is 7.92. The lowest BCUT2D eigenvalue weighted by Crippen LogP contribution is -2.15. The van der Waals surface area contributed by atoms with Gasteiger partial charge in [0.2, 0.25) is 0 Å². The second-order valence-electron chi connectivity index (χ2n) is 4.35. The number of hydrogen-bond donors (Lipinski definition) is 2. The van der Waals surface area contributed by atoms with Crippen molar-refractivity contribution in [2.45, 2.75) is 18.7 Å². The summed E-state index contributed by atoms with van der Waals surface area (Å²) in [5, 5.41) is 0. The van der Waals surface area contributed by atoms with Gasteiger partial charge in [-0.3, -0.25) is 4.72 Å². The Morgan fingerprint density at radius 1 is 1.16 bits per heavy atom. The van der Waals surface area contributed by atoms with Crippen LogP contribution in [-0.2, 0) is 10.0 Å². The van der Waals surface area contributed by atoms with Gasteiger partial charge in [-0.1, -0.05) is 12.1 Å². The van der Waals surface area contributed by atoms with E-state index in [1.54, 1.807) is 25.1 Å². The molecule has 5 nitrogen and oxygen atoms in total. The molecule has 0 spiro atoms. The maximum atomic E-state index is 12.3. The fourth-order valence-electron chi connectivity index (χ4n) is 1.66. The molecule has 1 heterocycles. The van der Waals surface area contributed by atoms with Crippen molar-refractivity contribution in [3.8, 4) is 0 Å². The summed E-state index contributed by atoms with van der Waals surface area (Å²) in [6.07, 6.45) is 1.40. The highest BCUT2D eigenvalue weighted by Gasteiger charge is 2.17. The number of anilines is 2. The number of benzene rings is 1. The van der Waals surface area contributed by atoms with Gasteiger partial charge in [-0.15, -0.1) is 0 Å². The van der Waals surface area contributed by atoms with Crippen LogP contribution in [0, 0.1) is 13.8 Å². The first-order valence-corrected chi connectivity index (χ1v) is 7.18. The molecule has 2 aromatic rings. The van der Waals surface area contributed by atoms with Gasteiger partial charge in [0.25, 0.3) is 10.0 Å². The maximum Gasteiger partial charge on any atom is 0.263 e. The van der Waals surface area contributed by atoms with Crippen LogP contribution in [0.5, 0.6) is 0 Å². The van der Waals surface area contributed by atoms with Gasteiger partial charge in [0.1, 0.15) is 5.82 Å². The topological polar surface area (TPSA) is 85.1 Å². The van der Waals surface area contributed by atoms with Gasteiger partial charge in [-0.25, -0.2) is 13.4 Å². The molecule has 0 aliphatic heterocycles. The molecule has 3 N–H and O–H groups in total. The smallest absolute Gasteiger partial charge is 0.263 e. The molecule has 0 bridgehead atoms. The Labute approximate surface area is 112 Å². The first-order chi connectivity index (χ1) is 8.88. The Morgan fingerprint density at radius 3 is 2.53 bits per heavy atom. The number of hydrogen-bond acceptors (Lipinski definition) is 4. The number of nitrogens with one attached hydrogen (secondary N) is 1. The van der Waals surface area contributed by atoms with Crippen molar-refractivity contribution in [3.63, 3.8) is 0 Å². The van der Waals surface area contributed by atoms with Gasteiger partial charge in [0, 0.05) is 0 Å². The minimum atomic E-state index is -3.63. The van der Waals surface area contributed by atoms with Crippen LogP contribution >= 0.6 is 0 Å². The largest absolute Gasteiger partial charge is 0.397 e. The van der Waals surface area contributed by atoms with Gasteiger partial charge in [0.15, 0.2) is 0 Å². The van der Waals surface area contributed by atoms with E-state index in [4.69, 9.17) is 5.73 Å². The minimum Gasteiger partial charge on any atom is -0.397 e. The Bertz CT molecular complexity index is 694. The predicted molar refractivity (Wildman–Crippen MR) is 75.4 cm³/mol. The quantitative estimate of drug-likeness (QED) is 0.899. The number of pyridine rings is 1. The maximum absolute atomic E-state index is 12.3. The third-order valence-electron chi connectivity index (χ3n) is 2.66. The fraction of sp³-hybridized carbons (Fsp3) is 0.154. The van der Waals surface area contributed by atoms with Crippen molar-refractivity contribution in [1.82, 2.24) is 4.98 Å². The van der Waals surface area contributed by atoms with Crippen LogP contribution in [0.25, 0.3) is 0 Å². The molecular weight excluding hydrogens is 262 g/mol. The normalized spacial score (nSPS) is 11.3. The van der Waals surface area contributed by atoms with Crippen LogP contribution in [0.1, 0.15) is 11.1 Å². The molecule has 0 fully saturated rings. The lowest BCUT2D eigenvalue weighted by Gasteiger charge is -2.10. The average molecular weight is 277 g/mol. The average Bonchev–Trinajstić information content (AvgIpc) is 2.35. The number of nitrogen functional groups attached to an aromatic ring is 1. The standard InChI is InChI=1S/C13H15N3O2S/c1-9-3-4-10(2)12(7-9)19(17,18)16-13-6-5-11(14)8-15-13/h3-8H,14H2,1-2H3,(H,15,16). The number of nitrogens with two attached hydrogens (primary N) is 1. The van der Waals surface area contributed by atoms with E-state index in [-0.39, 0.29) is 10.7 Å². The predicted octanol–water partition coefficient (Wildman–Crippen LogP) is 2.08. The third-order valence-corrected chi connectivity index (χ3v) is 4.16. The zero-order chi connectivity index (χ0) is 14.0. The van der Waals surface area contributed by atoms with Gasteiger partial charge < -0.3 is 5.73 Å². The molecule has 1 aromatic heterocycles. The summed E-state index contributed by atoms with van der Waals surface area (Å²) in [7, 11) is -3.63. The summed E-state index contributed by atoms with van der Waals surface area (Å²) in [4.78, 5) is 4.18. The molecule has 2 rings (SSSR count). The van der Waals surface area contributed by atoms with Crippen LogP contribution in [0.3, 0.4) is 0 Å². The summed E-state index contributed by atoms with van der Waals surface area (Å²) in [6, 6.07) is 8.40. The summed E-state index contributed by atoms with van der Waals surface area (Å²) in [5.41, 5.74) is 7.56. The SMILES string of the molecule is Cc1ccc(C)c(S(=O)(=O)Nc2ccc(N)cn2)c1. The number of aryl methyl sites for hydroxylation is 2. The number of sulfonamides is 1. The zero-order valence-corrected chi connectivity index (χ0v) is 11.5. The molecule has 0 aliphatic carbocycles. The molecular formula is C13H15N3O2S. The summed E-state index contributed by atoms with van der Waals surface area (Å²) in [6.45, 7) is 3.60. The monoisotopic (exact) mass is 277 g/mol. The van der Waals surface area contributed by atoms with Crippen molar-refractivity contribution in [3.05, 3.63) is 47.7 Å². The molecule has 0 atom stereocenters. The van der Waals surface area contributed by atoms with Crippen molar-refractivity contribution in [1.29, 1.82) is 0 Å². The molecule has 0 aliphatic rings. The van der Waals surface area contributed by atoms with E-state index in [1.807, 2.05) is 13.0 Å². The number of nitrogens with zero attached hydrogens (tertiary/aromatic N) is 1. The van der Waals surface area contributed by atoms with E-state index in [1.165, 1.54) is 12.3 Å². The van der Waals surface area contributed by atoms with Crippen molar-refractivity contribution in [2.75, 3.05) is 10.5 Å². The van der Waals surface area contributed by atoms with Crippen molar-refractivity contribution >= 4 is 21.5 Å². The summed E-state index contributed by atoms with van der Waals surface area (Å²) in [5.74, 6) is 0.245. The van der Waals surface area contributed by atoms with Gasteiger partial charge in [0.05, 0.1) is 16.8 Å².